The van der Waals surface area contributed by atoms with Gasteiger partial charge in [0.2, 0.25) is 16.1 Å². The molecule has 0 saturated carbocycles. The summed E-state index contributed by atoms with van der Waals surface area (Å²) in [4.78, 5) is 43.0. The number of nitrogens with zero attached hydrogens (tertiary/aromatic N) is 17. The van der Waals surface area contributed by atoms with Gasteiger partial charge in [-0.3, -0.25) is 34.8 Å². The van der Waals surface area contributed by atoms with Crippen LogP contribution in [0.2, 0.25) is 0 Å². The maximum absolute atomic E-state index is 8.63. The van der Waals surface area contributed by atoms with E-state index in [1.165, 1.54) is 20.7 Å². The molecule has 0 atom stereocenters. The Balaban J connectivity index is 0.000000184. The van der Waals surface area contributed by atoms with Crippen LogP contribution in [0.3, 0.4) is 0 Å². The minimum Gasteiger partial charge on any atom is -0.780 e. The number of hydrogen-bond donors (Lipinski definition) is 2. The minimum absolute atomic E-state index is 0. The van der Waals surface area contributed by atoms with E-state index in [9.17, 15) is 0 Å². The number of aromatic nitrogens is 16. The van der Waals surface area contributed by atoms with Gasteiger partial charge < -0.3 is 76.3 Å². The van der Waals surface area contributed by atoms with E-state index in [-0.39, 0.29) is 89.7 Å². The van der Waals surface area contributed by atoms with Crippen LogP contribution in [0.5, 0.6) is 11.5 Å². The van der Waals surface area contributed by atoms with E-state index in [1.807, 2.05) is 224 Å². The van der Waals surface area contributed by atoms with Gasteiger partial charge in [0.15, 0.2) is 0 Å². The summed E-state index contributed by atoms with van der Waals surface area (Å²) < 4.78 is 0. The summed E-state index contributed by atoms with van der Waals surface area (Å²) in [6.07, 6.45) is 10.8. The quantitative estimate of drug-likeness (QED) is 0.0501. The summed E-state index contributed by atoms with van der Waals surface area (Å²) >= 11 is 9.62. The normalized spacial score (nSPS) is 10.5. The number of hydrogen-bond acceptors (Lipinski definition) is 17. The van der Waals surface area contributed by atoms with Gasteiger partial charge in [0, 0.05) is 139 Å². The van der Waals surface area contributed by atoms with Crippen molar-refractivity contribution >= 4 is 101 Å². The van der Waals surface area contributed by atoms with Gasteiger partial charge in [-0.15, -0.1) is 0 Å². The van der Waals surface area contributed by atoms with Gasteiger partial charge in [-0.25, -0.2) is 9.97 Å². The second-order valence-corrected chi connectivity index (χ2v) is 42.2. The molecule has 0 aliphatic rings. The fraction of sp³-hybridized carbons (Fsp3) is 0.124. The fourth-order valence-corrected chi connectivity index (χ4v) is 25.9. The summed E-state index contributed by atoms with van der Waals surface area (Å²) in [6, 6.07) is 138. The van der Waals surface area contributed by atoms with Crippen molar-refractivity contribution in [3.05, 3.63) is 500 Å². The van der Waals surface area contributed by atoms with Gasteiger partial charge in [-0.2, -0.15) is 9.79 Å². The molecule has 0 aliphatic carbocycles. The number of anilines is 3. The molecule has 0 bridgehead atoms. The van der Waals surface area contributed by atoms with E-state index >= 15 is 0 Å². The largest absolute Gasteiger partial charge is 2.00 e. The average Bonchev–Trinajstić information content (AvgIpc) is 0.885. The van der Waals surface area contributed by atoms with Crippen LogP contribution < -0.4 is 67.3 Å². The molecule has 21 aromatic rings. The number of phenols is 2. The molecule has 2 N–H and O–H groups in total. The van der Waals surface area contributed by atoms with Crippen LogP contribution in [-0.4, -0.2) is 86.6 Å². The van der Waals surface area contributed by atoms with Crippen molar-refractivity contribution in [3.63, 3.8) is 0 Å². The zero-order chi connectivity index (χ0) is 101. The van der Waals surface area contributed by atoms with Crippen LogP contribution in [-0.2, 0) is 141 Å². The molecule has 0 saturated heterocycles. The van der Waals surface area contributed by atoms with Crippen LogP contribution in [0.25, 0.3) is 45.6 Å². The number of pyridine rings is 8. The predicted molar refractivity (Wildman–Crippen MR) is 592 cm³/mol. The molecule has 21 rings (SSSR count). The number of rotatable bonds is 21. The topological polar surface area (TPSA) is 255 Å². The average molecular weight is 2740 g/mol. The molecule has 0 radical (unpaired) electrons. The number of aromatic hydroxyl groups is 2. The van der Waals surface area contributed by atoms with Gasteiger partial charge in [-0.1, -0.05) is 336 Å². The van der Waals surface area contributed by atoms with Crippen molar-refractivity contribution in [2.24, 2.45) is 0 Å². The fourth-order valence-electron chi connectivity index (χ4n) is 16.8. The monoisotopic (exact) mass is 2740 g/mol. The van der Waals surface area contributed by atoms with Crippen LogP contribution >= 0.6 is 0 Å². The molecule has 148 heavy (non-hydrogen) atoms. The van der Waals surface area contributed by atoms with Crippen LogP contribution in [0.1, 0.15) is 98.0 Å². The van der Waals surface area contributed by atoms with Crippen molar-refractivity contribution in [2.45, 2.75) is 110 Å². The first kappa shape index (κ1) is 116. The van der Waals surface area contributed by atoms with Crippen molar-refractivity contribution in [1.82, 2.24) is 80.7 Å². The van der Waals surface area contributed by atoms with Crippen LogP contribution in [0.4, 0.5) is 17.3 Å². The van der Waals surface area contributed by atoms with Crippen LogP contribution in [0, 0.1) is 27.7 Å². The Morgan fingerprint density at radius 1 is 0.270 bits per heavy atom. The molecular weight excluding hydrogens is 2620 g/mol. The molecule has 0 spiro atoms. The molecule has 0 amide bonds. The summed E-state index contributed by atoms with van der Waals surface area (Å²) in [5.74, 6) is 2.25. The third-order valence-electron chi connectivity index (χ3n) is 24.3. The van der Waals surface area contributed by atoms with E-state index in [1.54, 1.807) is 54.7 Å². The van der Waals surface area contributed by atoms with E-state index in [0.717, 1.165) is 176 Å². The van der Waals surface area contributed by atoms with Crippen molar-refractivity contribution in [1.29, 1.82) is 0 Å². The van der Waals surface area contributed by atoms with Crippen molar-refractivity contribution < 1.29 is 94.5 Å². The maximum atomic E-state index is 8.63. The van der Waals surface area contributed by atoms with E-state index in [0.29, 0.717) is 11.5 Å². The first-order valence-corrected chi connectivity index (χ1v) is 52.7. The molecule has 0 unspecified atom stereocenters. The Bertz CT molecular complexity index is 6860. The minimum atomic E-state index is -2.75. The smallest absolute Gasteiger partial charge is 0.780 e. The molecular formula is C121H113N17O2Pt4S2Si2-2. The van der Waals surface area contributed by atoms with E-state index < -0.39 is 16.1 Å². The van der Waals surface area contributed by atoms with Gasteiger partial charge in [-0.05, 0) is 244 Å². The number of para-hydroxylation sites is 3. The summed E-state index contributed by atoms with van der Waals surface area (Å²) in [7, 11) is -5.51. The van der Waals surface area contributed by atoms with Crippen LogP contribution in [0.15, 0.2) is 453 Å². The van der Waals surface area contributed by atoms with Gasteiger partial charge in [0.25, 0.3) is 0 Å². The number of phenolic OH excluding ortho intramolecular Hbond substituents is 2. The standard InChI is InChI=1S/2C28H25N4Si.C22H20N5.C19H21N4.2C6H6O.2C6H6S.4Pt/c2*1-3-24-21(2)28(32-31-24)25-17-12-19-27(30-25)33(22-13-6-4-7-14-22,23-15-8-5-9-16-23)26-18-10-11-20-29-26;1-3-18-16(2)22(26-25-18)19-12-9-14-21(24-19)27(17-10-5-4-6-11-17)20-13-7-8-15-23-20;1-5-14-13(2)18(23-22-14)15-9-8-11-17(21-15)19(3,4)16-10-6-7-12-20-16;4*7-6-4-2-1-3-5-6;;;;/h2*4-20H,3H2,1-2H3;4-15H,3H2,1-2H3;6-12H,5H2,1-4H3;4*1-5,7H;;;;/q4*-1;;;;;;;2*+2/p-2. The zero-order valence-electron chi connectivity index (χ0n) is 83.6. The van der Waals surface area contributed by atoms with Gasteiger partial charge in [0.05, 0.1) is 17.1 Å². The Kier molecular flexibility index (Phi) is 45.9. The predicted octanol–water partition coefficient (Wildman–Crippen LogP) is 20.0. The Morgan fingerprint density at radius 3 is 0.818 bits per heavy atom. The number of aryl methyl sites for hydroxylation is 4. The molecule has 756 valence electrons. The molecule has 9 aromatic carbocycles. The SMILES string of the molecule is CCc1n[n-]c(-c2cccc(C(C)(C)c3ccccn3)n2)c1C.CCc1n[n-]c(-c2cccc(N(c3ccccc3)c3ccccn3)n2)c1C.CCc1n[n-]c(-c2cccc([Si](c3ccccc3)(c3ccccc3)c3ccccn3)n2)c1C.CCc1n[n-]c(-c2cccc([Si](c3ccccc3)(c3ccccc3)c3ccccn3)n2)c1C.Oc1ccccc1.Oc1ccccc1.[Pt+2].[Pt+2].[Pt].[Pt].[S-]c1ccccc1.[S-]c1ccccc1. The molecule has 27 heteroatoms. The zero-order valence-corrected chi connectivity index (χ0v) is 96.3. The molecule has 19 nitrogen and oxygen atoms in total. The number of benzene rings is 9. The van der Waals surface area contributed by atoms with Gasteiger partial charge in [0.1, 0.15) is 23.1 Å². The first-order valence-electron chi connectivity index (χ1n) is 47.9. The third-order valence-corrected chi connectivity index (χ3v) is 33.9. The Hall–Kier alpha value is -14.0. The molecule has 0 fully saturated rings. The second-order valence-electron chi connectivity index (χ2n) is 33.9. The second kappa shape index (κ2) is 58.6. The summed E-state index contributed by atoms with van der Waals surface area (Å²) in [5, 5.41) is 61.4. The first-order chi connectivity index (χ1) is 70.4. The molecule has 12 heterocycles. The summed E-state index contributed by atoms with van der Waals surface area (Å²) in [5.41, 5.74) is 18.1. The Morgan fingerprint density at radius 2 is 0.534 bits per heavy atom. The van der Waals surface area contributed by atoms with Crippen molar-refractivity contribution in [3.8, 4) is 57.1 Å². The Labute approximate surface area is 938 Å². The van der Waals surface area contributed by atoms with Crippen molar-refractivity contribution in [2.75, 3.05) is 4.90 Å². The van der Waals surface area contributed by atoms with Gasteiger partial charge >= 0.3 is 42.1 Å². The van der Waals surface area contributed by atoms with E-state index in [2.05, 4.69) is 290 Å². The van der Waals surface area contributed by atoms with E-state index in [4.69, 9.17) is 65.4 Å². The molecule has 0 aliphatic heterocycles. The maximum Gasteiger partial charge on any atom is 2.00 e. The summed E-state index contributed by atoms with van der Waals surface area (Å²) in [6.45, 7) is 21.0. The third kappa shape index (κ3) is 29.3. The molecule has 12 aromatic heterocycles.